The molecule has 0 amide bonds. The lowest BCUT2D eigenvalue weighted by atomic mass is 9.85. The zero-order chi connectivity index (χ0) is 14.9. The van der Waals surface area contributed by atoms with Gasteiger partial charge in [-0.1, -0.05) is 38.3 Å². The second-order valence-corrected chi connectivity index (χ2v) is 5.98. The van der Waals surface area contributed by atoms with Gasteiger partial charge in [-0.3, -0.25) is 0 Å². The van der Waals surface area contributed by atoms with Crippen molar-refractivity contribution >= 4 is 0 Å². The highest BCUT2D eigenvalue weighted by Crippen LogP contribution is 2.28. The minimum absolute atomic E-state index is 0.479. The number of benzene rings is 1. The van der Waals surface area contributed by atoms with Crippen LogP contribution in [-0.4, -0.2) is 19.3 Å². The Balaban J connectivity index is 1.57. The topological polar surface area (TPSA) is 44.5 Å². The van der Waals surface area contributed by atoms with Gasteiger partial charge < -0.3 is 15.2 Å². The fourth-order valence-corrected chi connectivity index (χ4v) is 2.98. The minimum atomic E-state index is 0.479. The quantitative estimate of drug-likeness (QED) is 0.739. The van der Waals surface area contributed by atoms with Gasteiger partial charge in [0.15, 0.2) is 0 Å². The molecule has 3 nitrogen and oxygen atoms in total. The second kappa shape index (κ2) is 9.06. The second-order valence-electron chi connectivity index (χ2n) is 5.98. The highest BCUT2D eigenvalue weighted by atomic mass is 16.5. The molecule has 0 radical (unpaired) electrons. The van der Waals surface area contributed by atoms with Crippen LogP contribution in [0, 0.1) is 5.92 Å². The third-order valence-corrected chi connectivity index (χ3v) is 4.38. The molecule has 0 aromatic heterocycles. The van der Waals surface area contributed by atoms with Gasteiger partial charge >= 0.3 is 0 Å². The molecule has 0 heterocycles. The summed E-state index contributed by atoms with van der Waals surface area (Å²) in [6, 6.07) is 7.99. The molecule has 1 aromatic carbocycles. The third-order valence-electron chi connectivity index (χ3n) is 4.38. The summed E-state index contributed by atoms with van der Waals surface area (Å²) in [6.07, 6.45) is 7.92. The summed E-state index contributed by atoms with van der Waals surface area (Å²) in [7, 11) is 0. The van der Waals surface area contributed by atoms with Crippen molar-refractivity contribution in [2.24, 2.45) is 11.7 Å². The lowest BCUT2D eigenvalue weighted by Crippen LogP contribution is -2.23. The molecule has 1 saturated carbocycles. The number of ether oxygens (including phenoxy) is 2. The van der Waals surface area contributed by atoms with E-state index in [9.17, 15) is 0 Å². The fraction of sp³-hybridized carbons (Fsp3) is 0.667. The molecule has 21 heavy (non-hydrogen) atoms. The van der Waals surface area contributed by atoms with Crippen LogP contribution in [0.2, 0.25) is 0 Å². The predicted molar refractivity (Wildman–Crippen MR) is 86.4 cm³/mol. The first-order valence-corrected chi connectivity index (χ1v) is 8.35. The molecule has 2 rings (SSSR count). The van der Waals surface area contributed by atoms with E-state index in [1.54, 1.807) is 0 Å². The van der Waals surface area contributed by atoms with Crippen LogP contribution in [0.25, 0.3) is 0 Å². The van der Waals surface area contributed by atoms with E-state index < -0.39 is 0 Å². The van der Waals surface area contributed by atoms with Gasteiger partial charge in [-0.2, -0.15) is 0 Å². The van der Waals surface area contributed by atoms with E-state index in [0.29, 0.717) is 19.3 Å². The first-order chi connectivity index (χ1) is 10.3. The van der Waals surface area contributed by atoms with Crippen molar-refractivity contribution in [1.82, 2.24) is 0 Å². The SMILES string of the molecule is CCC1CCCC(OCCCOc2ccc(CN)cc2)C1. The van der Waals surface area contributed by atoms with Crippen LogP contribution >= 0.6 is 0 Å². The van der Waals surface area contributed by atoms with Crippen LogP contribution in [0.3, 0.4) is 0 Å². The first kappa shape index (κ1) is 16.3. The van der Waals surface area contributed by atoms with E-state index in [1.165, 1.54) is 32.1 Å². The van der Waals surface area contributed by atoms with Gasteiger partial charge in [0.1, 0.15) is 5.75 Å². The first-order valence-electron chi connectivity index (χ1n) is 8.35. The average molecular weight is 291 g/mol. The smallest absolute Gasteiger partial charge is 0.119 e. The summed E-state index contributed by atoms with van der Waals surface area (Å²) < 4.78 is 11.7. The van der Waals surface area contributed by atoms with Crippen molar-refractivity contribution in [2.75, 3.05) is 13.2 Å². The number of rotatable bonds is 8. The maximum Gasteiger partial charge on any atom is 0.119 e. The van der Waals surface area contributed by atoms with E-state index in [0.717, 1.165) is 30.3 Å². The fourth-order valence-electron chi connectivity index (χ4n) is 2.98. The molecule has 1 aliphatic carbocycles. The standard InChI is InChI=1S/C18H29NO2/c1-2-15-5-3-6-18(13-15)21-12-4-11-20-17-9-7-16(14-19)8-10-17/h7-10,15,18H,2-6,11-14,19H2,1H3. The monoisotopic (exact) mass is 291 g/mol. The molecular formula is C18H29NO2. The predicted octanol–water partition coefficient (Wildman–Crippen LogP) is 3.90. The Labute approximate surface area is 128 Å². The molecule has 2 N–H and O–H groups in total. The van der Waals surface area contributed by atoms with Gasteiger partial charge in [-0.15, -0.1) is 0 Å². The minimum Gasteiger partial charge on any atom is -0.494 e. The summed E-state index contributed by atoms with van der Waals surface area (Å²) in [5.74, 6) is 1.79. The van der Waals surface area contributed by atoms with Gasteiger partial charge in [0, 0.05) is 13.0 Å². The van der Waals surface area contributed by atoms with Crippen molar-refractivity contribution < 1.29 is 9.47 Å². The number of hydrogen-bond donors (Lipinski definition) is 1. The Morgan fingerprint density at radius 1 is 1.14 bits per heavy atom. The number of nitrogens with two attached hydrogens (primary N) is 1. The molecule has 1 aliphatic rings. The zero-order valence-electron chi connectivity index (χ0n) is 13.2. The summed E-state index contributed by atoms with van der Waals surface area (Å²) in [4.78, 5) is 0. The molecule has 2 unspecified atom stereocenters. The van der Waals surface area contributed by atoms with Crippen molar-refractivity contribution in [3.05, 3.63) is 29.8 Å². The zero-order valence-corrected chi connectivity index (χ0v) is 13.2. The summed E-state index contributed by atoms with van der Waals surface area (Å²) in [5, 5.41) is 0. The maximum atomic E-state index is 5.99. The lowest BCUT2D eigenvalue weighted by molar-refractivity contribution is 0.00767. The van der Waals surface area contributed by atoms with E-state index >= 15 is 0 Å². The van der Waals surface area contributed by atoms with Crippen LogP contribution in [-0.2, 0) is 11.3 Å². The summed E-state index contributed by atoms with van der Waals surface area (Å²) in [5.41, 5.74) is 6.71. The van der Waals surface area contributed by atoms with Crippen LogP contribution in [0.1, 0.15) is 51.0 Å². The van der Waals surface area contributed by atoms with Gasteiger partial charge in [0.25, 0.3) is 0 Å². The van der Waals surface area contributed by atoms with Gasteiger partial charge in [0.05, 0.1) is 19.3 Å². The Bertz CT molecular complexity index is 391. The molecule has 0 aliphatic heterocycles. The largest absolute Gasteiger partial charge is 0.494 e. The van der Waals surface area contributed by atoms with E-state index in [1.807, 2.05) is 24.3 Å². The molecule has 0 bridgehead atoms. The molecule has 1 aromatic rings. The lowest BCUT2D eigenvalue weighted by Gasteiger charge is -2.28. The van der Waals surface area contributed by atoms with Crippen molar-refractivity contribution in [2.45, 2.75) is 58.1 Å². The Hall–Kier alpha value is -1.06. The molecular weight excluding hydrogens is 262 g/mol. The van der Waals surface area contributed by atoms with E-state index in [4.69, 9.17) is 15.2 Å². The normalized spacial score (nSPS) is 22.2. The van der Waals surface area contributed by atoms with Gasteiger partial charge in [-0.05, 0) is 36.5 Å². The number of hydrogen-bond acceptors (Lipinski definition) is 3. The Kier molecular flexibility index (Phi) is 7.04. The molecule has 118 valence electrons. The molecule has 0 spiro atoms. The molecule has 2 atom stereocenters. The van der Waals surface area contributed by atoms with Crippen LogP contribution in [0.5, 0.6) is 5.75 Å². The van der Waals surface area contributed by atoms with Crippen molar-refractivity contribution in [3.63, 3.8) is 0 Å². The summed E-state index contributed by atoms with van der Waals surface area (Å²) >= 11 is 0. The van der Waals surface area contributed by atoms with E-state index in [2.05, 4.69) is 6.92 Å². The highest BCUT2D eigenvalue weighted by Gasteiger charge is 2.20. The Morgan fingerprint density at radius 2 is 1.95 bits per heavy atom. The highest BCUT2D eigenvalue weighted by molar-refractivity contribution is 5.26. The van der Waals surface area contributed by atoms with E-state index in [-0.39, 0.29) is 0 Å². The summed E-state index contributed by atoms with van der Waals surface area (Å²) in [6.45, 7) is 4.39. The van der Waals surface area contributed by atoms with Gasteiger partial charge in [0.2, 0.25) is 0 Å². The van der Waals surface area contributed by atoms with Crippen molar-refractivity contribution in [3.8, 4) is 5.75 Å². The molecule has 0 saturated heterocycles. The molecule has 3 heteroatoms. The van der Waals surface area contributed by atoms with Gasteiger partial charge in [-0.25, -0.2) is 0 Å². The van der Waals surface area contributed by atoms with Crippen LogP contribution in [0.4, 0.5) is 0 Å². The third kappa shape index (κ3) is 5.68. The van der Waals surface area contributed by atoms with Crippen LogP contribution < -0.4 is 10.5 Å². The maximum absolute atomic E-state index is 5.99. The van der Waals surface area contributed by atoms with Crippen LogP contribution in [0.15, 0.2) is 24.3 Å². The van der Waals surface area contributed by atoms with Crippen molar-refractivity contribution in [1.29, 1.82) is 0 Å². The average Bonchev–Trinajstić information content (AvgIpc) is 2.55. The Morgan fingerprint density at radius 3 is 2.67 bits per heavy atom. The molecule has 1 fully saturated rings.